The molecule has 0 heterocycles. The molecule has 0 bridgehead atoms. The highest BCUT2D eigenvalue weighted by Crippen LogP contribution is 2.18. The highest BCUT2D eigenvalue weighted by Gasteiger charge is 2.21. The second kappa shape index (κ2) is 8.02. The number of anilines is 1. The lowest BCUT2D eigenvalue weighted by Gasteiger charge is -2.18. The molecule has 1 aromatic rings. The van der Waals surface area contributed by atoms with E-state index in [-0.39, 0.29) is 11.9 Å². The number of hydrogen-bond acceptors (Lipinski definition) is 4. The average Bonchev–Trinajstić information content (AvgIpc) is 2.43. The fourth-order valence-electron chi connectivity index (χ4n) is 1.82. The predicted molar refractivity (Wildman–Crippen MR) is 85.9 cm³/mol. The lowest BCUT2D eigenvalue weighted by Crippen LogP contribution is -2.41. The predicted octanol–water partition coefficient (Wildman–Crippen LogP) is 2.88. The van der Waals surface area contributed by atoms with E-state index in [1.807, 2.05) is 13.8 Å². The first-order chi connectivity index (χ1) is 9.87. The molecule has 1 atom stereocenters. The van der Waals surface area contributed by atoms with Gasteiger partial charge in [-0.1, -0.05) is 29.8 Å². The van der Waals surface area contributed by atoms with Crippen molar-refractivity contribution in [1.82, 2.24) is 5.32 Å². The minimum atomic E-state index is -0.849. The maximum absolute atomic E-state index is 12.0. The summed E-state index contributed by atoms with van der Waals surface area (Å²) in [7, 11) is 0. The second-order valence-electron chi connectivity index (χ2n) is 4.84. The Bertz CT molecular complexity index is 495. The fraction of sp³-hybridized carbons (Fsp3) is 0.467. The number of esters is 1. The van der Waals surface area contributed by atoms with Crippen molar-refractivity contribution >= 4 is 33.5 Å². The standard InChI is InChI=1S/C15H21BrN2O3/c1-4-13(5-2)18-14(19)9(3)21-15(20)10-6-11(16)8-12(17)7-10/h6-9,13H,4-5,17H2,1-3H3,(H,18,19). The molecule has 1 aromatic carbocycles. The summed E-state index contributed by atoms with van der Waals surface area (Å²) < 4.78 is 5.85. The largest absolute Gasteiger partial charge is 0.449 e. The molecular weight excluding hydrogens is 336 g/mol. The molecule has 116 valence electrons. The van der Waals surface area contributed by atoms with Crippen LogP contribution in [0.3, 0.4) is 0 Å². The summed E-state index contributed by atoms with van der Waals surface area (Å²) in [6.07, 6.45) is 0.828. The number of rotatable bonds is 6. The number of nitrogens with one attached hydrogen (secondary N) is 1. The quantitative estimate of drug-likeness (QED) is 0.606. The van der Waals surface area contributed by atoms with Crippen LogP contribution in [0.2, 0.25) is 0 Å². The van der Waals surface area contributed by atoms with E-state index in [1.165, 1.54) is 6.07 Å². The Kier molecular flexibility index (Phi) is 6.68. The Morgan fingerprint density at radius 3 is 2.43 bits per heavy atom. The topological polar surface area (TPSA) is 81.4 Å². The molecule has 0 spiro atoms. The van der Waals surface area contributed by atoms with Crippen molar-refractivity contribution in [3.63, 3.8) is 0 Å². The van der Waals surface area contributed by atoms with E-state index in [4.69, 9.17) is 10.5 Å². The third-order valence-electron chi connectivity index (χ3n) is 3.14. The first kappa shape index (κ1) is 17.5. The summed E-state index contributed by atoms with van der Waals surface area (Å²) in [6.45, 7) is 5.54. The van der Waals surface area contributed by atoms with Crippen molar-refractivity contribution in [2.24, 2.45) is 0 Å². The third kappa shape index (κ3) is 5.38. The van der Waals surface area contributed by atoms with Crippen LogP contribution in [0.4, 0.5) is 5.69 Å². The van der Waals surface area contributed by atoms with E-state index in [0.717, 1.165) is 12.8 Å². The van der Waals surface area contributed by atoms with Crippen LogP contribution in [0, 0.1) is 0 Å². The molecule has 0 aliphatic carbocycles. The maximum atomic E-state index is 12.0. The van der Waals surface area contributed by atoms with Gasteiger partial charge >= 0.3 is 5.97 Å². The Hall–Kier alpha value is -1.56. The van der Waals surface area contributed by atoms with Crippen LogP contribution in [0.5, 0.6) is 0 Å². The van der Waals surface area contributed by atoms with Gasteiger partial charge in [0.15, 0.2) is 6.10 Å². The third-order valence-corrected chi connectivity index (χ3v) is 3.60. The van der Waals surface area contributed by atoms with E-state index >= 15 is 0 Å². The van der Waals surface area contributed by atoms with Crippen molar-refractivity contribution in [1.29, 1.82) is 0 Å². The van der Waals surface area contributed by atoms with Gasteiger partial charge in [-0.25, -0.2) is 4.79 Å². The number of halogens is 1. The highest BCUT2D eigenvalue weighted by molar-refractivity contribution is 9.10. The van der Waals surface area contributed by atoms with Crippen molar-refractivity contribution < 1.29 is 14.3 Å². The number of ether oxygens (including phenoxy) is 1. The van der Waals surface area contributed by atoms with Crippen LogP contribution in [-0.2, 0) is 9.53 Å². The van der Waals surface area contributed by atoms with Crippen molar-refractivity contribution in [2.45, 2.75) is 45.8 Å². The van der Waals surface area contributed by atoms with Gasteiger partial charge in [0, 0.05) is 16.2 Å². The lowest BCUT2D eigenvalue weighted by molar-refractivity contribution is -0.129. The molecule has 0 radical (unpaired) electrons. The van der Waals surface area contributed by atoms with Crippen LogP contribution < -0.4 is 11.1 Å². The summed E-state index contributed by atoms with van der Waals surface area (Å²) >= 11 is 3.26. The van der Waals surface area contributed by atoms with Crippen molar-refractivity contribution in [3.05, 3.63) is 28.2 Å². The van der Waals surface area contributed by atoms with E-state index in [1.54, 1.807) is 19.1 Å². The van der Waals surface area contributed by atoms with Gasteiger partial charge < -0.3 is 15.8 Å². The smallest absolute Gasteiger partial charge is 0.339 e. The van der Waals surface area contributed by atoms with Gasteiger partial charge in [-0.05, 0) is 38.0 Å². The molecule has 0 fully saturated rings. The minimum absolute atomic E-state index is 0.0974. The van der Waals surface area contributed by atoms with Crippen molar-refractivity contribution in [2.75, 3.05) is 5.73 Å². The van der Waals surface area contributed by atoms with Gasteiger partial charge in [-0.3, -0.25) is 4.79 Å². The Balaban J connectivity index is 2.67. The zero-order valence-corrected chi connectivity index (χ0v) is 14.1. The monoisotopic (exact) mass is 356 g/mol. The van der Waals surface area contributed by atoms with E-state index in [9.17, 15) is 9.59 Å². The summed E-state index contributed by atoms with van der Waals surface area (Å²) in [5.41, 5.74) is 6.43. The van der Waals surface area contributed by atoms with Crippen molar-refractivity contribution in [3.8, 4) is 0 Å². The second-order valence-corrected chi connectivity index (χ2v) is 5.76. The molecule has 6 heteroatoms. The van der Waals surface area contributed by atoms with Crippen LogP contribution in [0.15, 0.2) is 22.7 Å². The number of nitrogens with two attached hydrogens (primary N) is 1. The van der Waals surface area contributed by atoms with Gasteiger partial charge in [0.25, 0.3) is 5.91 Å². The van der Waals surface area contributed by atoms with E-state index in [2.05, 4.69) is 21.2 Å². The number of carbonyl (C=O) groups excluding carboxylic acids is 2. The van der Waals surface area contributed by atoms with Crippen LogP contribution >= 0.6 is 15.9 Å². The molecule has 1 amide bonds. The minimum Gasteiger partial charge on any atom is -0.449 e. The number of benzene rings is 1. The summed E-state index contributed by atoms with van der Waals surface area (Å²) in [4.78, 5) is 24.0. The van der Waals surface area contributed by atoms with Gasteiger partial charge in [-0.15, -0.1) is 0 Å². The molecule has 0 aliphatic heterocycles. The zero-order chi connectivity index (χ0) is 16.0. The van der Waals surface area contributed by atoms with Gasteiger partial charge in [0.05, 0.1) is 5.56 Å². The van der Waals surface area contributed by atoms with Gasteiger partial charge in [-0.2, -0.15) is 0 Å². The molecular formula is C15H21BrN2O3. The molecule has 5 nitrogen and oxygen atoms in total. The molecule has 3 N–H and O–H groups in total. The summed E-state index contributed by atoms with van der Waals surface area (Å²) in [6, 6.07) is 4.89. The molecule has 0 aliphatic rings. The first-order valence-electron chi connectivity index (χ1n) is 6.94. The highest BCUT2D eigenvalue weighted by atomic mass is 79.9. The molecule has 21 heavy (non-hydrogen) atoms. The first-order valence-corrected chi connectivity index (χ1v) is 7.74. The number of nitrogen functional groups attached to an aromatic ring is 1. The van der Waals surface area contributed by atoms with Gasteiger partial charge in [0.2, 0.25) is 0 Å². The molecule has 0 saturated heterocycles. The Morgan fingerprint density at radius 2 is 1.90 bits per heavy atom. The Morgan fingerprint density at radius 1 is 1.29 bits per heavy atom. The SMILES string of the molecule is CCC(CC)NC(=O)C(C)OC(=O)c1cc(N)cc(Br)c1. The van der Waals surface area contributed by atoms with Gasteiger partial charge in [0.1, 0.15) is 0 Å². The molecule has 0 aromatic heterocycles. The number of carbonyl (C=O) groups is 2. The Labute approximate surface area is 133 Å². The number of hydrogen-bond donors (Lipinski definition) is 2. The average molecular weight is 357 g/mol. The summed E-state index contributed by atoms with van der Waals surface area (Å²) in [5.74, 6) is -0.866. The van der Waals surface area contributed by atoms with Crippen LogP contribution in [-0.4, -0.2) is 24.0 Å². The van der Waals surface area contributed by atoms with E-state index < -0.39 is 12.1 Å². The molecule has 1 unspecified atom stereocenters. The summed E-state index contributed by atoms with van der Waals surface area (Å²) in [5, 5.41) is 2.85. The number of amides is 1. The van der Waals surface area contributed by atoms with E-state index in [0.29, 0.717) is 15.7 Å². The maximum Gasteiger partial charge on any atom is 0.339 e. The fourth-order valence-corrected chi connectivity index (χ4v) is 2.33. The van der Waals surface area contributed by atoms with Crippen LogP contribution in [0.25, 0.3) is 0 Å². The van der Waals surface area contributed by atoms with Crippen LogP contribution in [0.1, 0.15) is 44.0 Å². The zero-order valence-electron chi connectivity index (χ0n) is 12.5. The molecule has 0 saturated carbocycles. The molecule has 1 rings (SSSR count). The lowest BCUT2D eigenvalue weighted by atomic mass is 10.1. The normalized spacial score (nSPS) is 12.0.